The summed E-state index contributed by atoms with van der Waals surface area (Å²) >= 11 is 0. The van der Waals surface area contributed by atoms with Crippen LogP contribution in [0.15, 0.2) is 39.9 Å². The average molecular weight is 734 g/mol. The van der Waals surface area contributed by atoms with Crippen LogP contribution in [0.4, 0.5) is 49.4 Å². The lowest BCUT2D eigenvalue weighted by Crippen LogP contribution is -2.57. The fraction of sp³-hybridized carbons (Fsp3) is 0.500. The first-order valence-electron chi connectivity index (χ1n) is 15.6. The molecule has 3 aromatic rings. The number of benzene rings is 1. The summed E-state index contributed by atoms with van der Waals surface area (Å²) in [5, 5.41) is 7.73. The minimum Gasteiger partial charge on any atom is -0.380 e. The molecule has 2 saturated heterocycles. The fourth-order valence-electron chi connectivity index (χ4n) is 5.84. The Kier molecular flexibility index (Phi) is 10.6. The van der Waals surface area contributed by atoms with E-state index in [2.05, 4.69) is 25.9 Å². The van der Waals surface area contributed by atoms with Crippen molar-refractivity contribution in [1.29, 1.82) is 0 Å². The van der Waals surface area contributed by atoms with Crippen molar-refractivity contribution in [3.05, 3.63) is 67.7 Å². The van der Waals surface area contributed by atoms with Crippen LogP contribution >= 0.6 is 0 Å². The Morgan fingerprint density at radius 2 is 1.48 bits per heavy atom. The van der Waals surface area contributed by atoms with E-state index < -0.39 is 62.5 Å². The lowest BCUT2D eigenvalue weighted by atomic mass is 9.93. The van der Waals surface area contributed by atoms with Gasteiger partial charge in [0.25, 0.3) is 21.0 Å². The van der Waals surface area contributed by atoms with E-state index in [4.69, 9.17) is 4.55 Å². The van der Waals surface area contributed by atoms with Gasteiger partial charge in [0.05, 0.1) is 5.56 Å². The molecule has 0 saturated carbocycles. The van der Waals surface area contributed by atoms with Crippen LogP contribution in [0, 0.1) is 5.92 Å². The molecule has 1 atom stereocenters. The highest BCUT2D eigenvalue weighted by Gasteiger charge is 2.40. The van der Waals surface area contributed by atoms with Crippen LogP contribution in [0.5, 0.6) is 0 Å². The summed E-state index contributed by atoms with van der Waals surface area (Å²) in [4.78, 5) is 47.2. The Balaban J connectivity index is 1.15. The topological polar surface area (TPSA) is 174 Å². The second-order valence-corrected chi connectivity index (χ2v) is 13.5. The highest BCUT2D eigenvalue weighted by molar-refractivity contribution is 7.85. The van der Waals surface area contributed by atoms with E-state index in [0.29, 0.717) is 44.3 Å². The first-order valence-corrected chi connectivity index (χ1v) is 17.2. The maximum atomic E-state index is 13.9. The van der Waals surface area contributed by atoms with Gasteiger partial charge < -0.3 is 25.8 Å². The maximum Gasteiger partial charge on any atom is 0.451 e. The smallest absolute Gasteiger partial charge is 0.380 e. The summed E-state index contributed by atoms with van der Waals surface area (Å²) in [6.45, 7) is 1.35. The molecule has 1 amide bonds. The molecule has 3 heterocycles. The monoisotopic (exact) mass is 733 g/mol. The van der Waals surface area contributed by atoms with E-state index in [0.717, 1.165) is 12.1 Å². The zero-order chi connectivity index (χ0) is 36.4. The lowest BCUT2D eigenvalue weighted by Gasteiger charge is -2.41. The molecular weight excluding hydrogens is 700 g/mol. The number of rotatable bonds is 13. The van der Waals surface area contributed by atoms with E-state index in [1.165, 1.54) is 23.1 Å². The molecule has 50 heavy (non-hydrogen) atoms. The molecule has 5 rings (SSSR count). The second kappa shape index (κ2) is 14.4. The van der Waals surface area contributed by atoms with Crippen LogP contribution in [0.2, 0.25) is 0 Å². The standard InChI is InChI=1S/C30H33F6N7O6S/c31-29(32,33)19-3-1-17(2-4-19)6-11-38-27(46)20-9-14-43(20)22-15-21(40-28(41-22)30(34,35)36)42-12-7-18(8-13-42)5-10-37-23-24(26(45)25(23)44)39-16-50(47,48)49/h1-4,15,18,20,37,39H,5-14,16H2,(H,38,46)(H,47,48,49)/t20-/m0/s1. The molecule has 1 aromatic heterocycles. The molecule has 0 spiro atoms. The summed E-state index contributed by atoms with van der Waals surface area (Å²) < 4.78 is 111. The van der Waals surface area contributed by atoms with Crippen molar-refractivity contribution >= 4 is 39.0 Å². The summed E-state index contributed by atoms with van der Waals surface area (Å²) in [6.07, 6.45) is -7.04. The van der Waals surface area contributed by atoms with E-state index in [-0.39, 0.29) is 55.0 Å². The first-order chi connectivity index (χ1) is 23.4. The molecule has 272 valence electrons. The van der Waals surface area contributed by atoms with Crippen LogP contribution in [0.25, 0.3) is 0 Å². The molecule has 2 fully saturated rings. The molecule has 0 radical (unpaired) electrons. The summed E-state index contributed by atoms with van der Waals surface area (Å²) in [5.41, 5.74) is -2.26. The van der Waals surface area contributed by atoms with Gasteiger partial charge in [-0.2, -0.15) is 34.8 Å². The third-order valence-electron chi connectivity index (χ3n) is 8.70. The van der Waals surface area contributed by atoms with Crippen molar-refractivity contribution in [3.8, 4) is 0 Å². The van der Waals surface area contributed by atoms with Gasteiger partial charge in [-0.25, -0.2) is 9.97 Å². The van der Waals surface area contributed by atoms with Crippen molar-refractivity contribution in [2.24, 2.45) is 5.92 Å². The molecule has 0 unspecified atom stereocenters. The number of aromatic nitrogens is 2. The summed E-state index contributed by atoms with van der Waals surface area (Å²) in [5.74, 6) is -2.65. The van der Waals surface area contributed by atoms with Crippen LogP contribution in [-0.2, 0) is 33.7 Å². The molecule has 4 N–H and O–H groups in total. The van der Waals surface area contributed by atoms with Crippen LogP contribution < -0.4 is 36.6 Å². The number of nitrogens with one attached hydrogen (secondary N) is 3. The Labute approximate surface area is 281 Å². The minimum absolute atomic E-state index is 0.0468. The number of hydrogen-bond acceptors (Lipinski definition) is 11. The number of piperidine rings is 1. The minimum atomic E-state index is -4.86. The normalized spacial score (nSPS) is 17.5. The number of carbonyl (C=O) groups is 1. The maximum absolute atomic E-state index is 13.9. The van der Waals surface area contributed by atoms with Gasteiger partial charge in [0.2, 0.25) is 11.7 Å². The van der Waals surface area contributed by atoms with Crippen LogP contribution in [-0.4, -0.2) is 73.5 Å². The van der Waals surface area contributed by atoms with Gasteiger partial charge in [-0.3, -0.25) is 18.9 Å². The SMILES string of the molecule is O=C(NCCc1ccc(C(F)(F)F)cc1)[C@@H]1CCN1c1cc(N2CCC(CCNc3c(NCS(=O)(=O)O)c(=O)c3=O)CC2)nc(C(F)(F)F)n1. The number of amides is 1. The van der Waals surface area contributed by atoms with E-state index >= 15 is 0 Å². The van der Waals surface area contributed by atoms with Gasteiger partial charge in [0.1, 0.15) is 34.9 Å². The number of carbonyl (C=O) groups excluding carboxylic acids is 1. The fourth-order valence-corrected chi connectivity index (χ4v) is 6.17. The highest BCUT2D eigenvalue weighted by atomic mass is 32.2. The zero-order valence-corrected chi connectivity index (χ0v) is 27.1. The van der Waals surface area contributed by atoms with Crippen molar-refractivity contribution in [2.75, 3.05) is 59.0 Å². The van der Waals surface area contributed by atoms with Crippen LogP contribution in [0.3, 0.4) is 0 Å². The molecule has 13 nitrogen and oxygen atoms in total. The third kappa shape index (κ3) is 8.82. The Morgan fingerprint density at radius 3 is 2.04 bits per heavy atom. The molecule has 0 aliphatic carbocycles. The second-order valence-electron chi connectivity index (χ2n) is 12.1. The first kappa shape index (κ1) is 36.8. The van der Waals surface area contributed by atoms with Gasteiger partial charge >= 0.3 is 12.4 Å². The van der Waals surface area contributed by atoms with Crippen molar-refractivity contribution in [3.63, 3.8) is 0 Å². The molecule has 2 aromatic carbocycles. The Morgan fingerprint density at radius 1 is 0.860 bits per heavy atom. The Bertz CT molecular complexity index is 1870. The summed E-state index contributed by atoms with van der Waals surface area (Å²) in [6, 6.07) is 5.15. The number of nitrogens with zero attached hydrogens (tertiary/aromatic N) is 4. The van der Waals surface area contributed by atoms with Crippen molar-refractivity contribution < 1.29 is 44.1 Å². The average Bonchev–Trinajstić information content (AvgIpc) is 3.02. The van der Waals surface area contributed by atoms with E-state index in [1.54, 1.807) is 4.90 Å². The highest BCUT2D eigenvalue weighted by Crippen LogP contribution is 2.35. The molecular formula is C30H33F6N7O6S. The van der Waals surface area contributed by atoms with Gasteiger partial charge in [-0.1, -0.05) is 12.1 Å². The van der Waals surface area contributed by atoms with Gasteiger partial charge in [-0.15, -0.1) is 0 Å². The van der Waals surface area contributed by atoms with Gasteiger partial charge in [0.15, 0.2) is 0 Å². The number of anilines is 4. The van der Waals surface area contributed by atoms with Crippen molar-refractivity contribution in [1.82, 2.24) is 15.3 Å². The van der Waals surface area contributed by atoms with E-state index in [9.17, 15) is 49.1 Å². The number of halogens is 6. The number of hydrogen-bond donors (Lipinski definition) is 4. The summed E-state index contributed by atoms with van der Waals surface area (Å²) in [7, 11) is -4.42. The molecule has 20 heteroatoms. The van der Waals surface area contributed by atoms with Crippen LogP contribution in [0.1, 0.15) is 42.6 Å². The molecule has 2 aliphatic heterocycles. The van der Waals surface area contributed by atoms with Gasteiger partial charge in [0, 0.05) is 38.8 Å². The lowest BCUT2D eigenvalue weighted by molar-refractivity contribution is -0.144. The van der Waals surface area contributed by atoms with E-state index in [1.807, 2.05) is 0 Å². The zero-order valence-electron chi connectivity index (χ0n) is 26.3. The quantitative estimate of drug-likeness (QED) is 0.115. The third-order valence-corrected chi connectivity index (χ3v) is 9.21. The molecule has 2 aliphatic rings. The Hall–Kier alpha value is -4.46. The van der Waals surface area contributed by atoms with Crippen molar-refractivity contribution in [2.45, 2.75) is 50.5 Å². The number of alkyl halides is 6. The predicted octanol–water partition coefficient (Wildman–Crippen LogP) is 3.02. The predicted molar refractivity (Wildman–Crippen MR) is 170 cm³/mol. The largest absolute Gasteiger partial charge is 0.451 e. The molecule has 0 bridgehead atoms. The van der Waals surface area contributed by atoms with Gasteiger partial charge in [-0.05, 0) is 55.7 Å².